The molecule has 2 aromatic carbocycles. The van der Waals surface area contributed by atoms with E-state index < -0.39 is 10.0 Å². The van der Waals surface area contributed by atoms with E-state index in [2.05, 4.69) is 5.32 Å². The van der Waals surface area contributed by atoms with Crippen molar-refractivity contribution in [3.63, 3.8) is 0 Å². The summed E-state index contributed by atoms with van der Waals surface area (Å²) in [5, 5.41) is 2.52. The van der Waals surface area contributed by atoms with E-state index in [9.17, 15) is 13.2 Å². The Labute approximate surface area is 155 Å². The second-order valence-corrected chi connectivity index (χ2v) is 8.03. The maximum Gasteiger partial charge on any atom is 0.251 e. The number of nitrogens with one attached hydrogen (secondary N) is 1. The molecule has 0 heterocycles. The van der Waals surface area contributed by atoms with Crippen molar-refractivity contribution in [1.29, 1.82) is 0 Å². The lowest BCUT2D eigenvalue weighted by atomic mass is 10.2. The summed E-state index contributed by atoms with van der Waals surface area (Å²) in [7, 11) is 1.82. The zero-order valence-corrected chi connectivity index (χ0v) is 16.4. The summed E-state index contributed by atoms with van der Waals surface area (Å²) >= 11 is 0. The van der Waals surface area contributed by atoms with Crippen molar-refractivity contribution in [3.8, 4) is 0 Å². The minimum atomic E-state index is -3.63. The molecule has 0 saturated carbocycles. The SMILES string of the molecule is CCN(Cc1ccc(N(C)C)cc1)S(=O)(=O)c1ccc(C(=O)NC)cc1. The van der Waals surface area contributed by atoms with E-state index in [0.29, 0.717) is 18.7 Å². The molecule has 0 radical (unpaired) electrons. The van der Waals surface area contributed by atoms with Gasteiger partial charge in [0.2, 0.25) is 10.0 Å². The highest BCUT2D eigenvalue weighted by molar-refractivity contribution is 7.89. The van der Waals surface area contributed by atoms with Gasteiger partial charge in [0, 0.05) is 45.5 Å². The third-order valence-corrected chi connectivity index (χ3v) is 6.08. The van der Waals surface area contributed by atoms with Crippen LogP contribution in [0, 0.1) is 0 Å². The molecule has 6 nitrogen and oxygen atoms in total. The van der Waals surface area contributed by atoms with Gasteiger partial charge in [-0.1, -0.05) is 19.1 Å². The van der Waals surface area contributed by atoms with Crippen molar-refractivity contribution in [2.45, 2.75) is 18.4 Å². The molecule has 7 heteroatoms. The number of hydrogen-bond donors (Lipinski definition) is 1. The third-order valence-electron chi connectivity index (χ3n) is 4.15. The van der Waals surface area contributed by atoms with Crippen LogP contribution in [0.2, 0.25) is 0 Å². The number of carbonyl (C=O) groups is 1. The summed E-state index contributed by atoms with van der Waals surface area (Å²) in [5.74, 6) is -0.248. The Bertz CT molecular complexity index is 845. The summed E-state index contributed by atoms with van der Waals surface area (Å²) in [6.07, 6.45) is 0. The van der Waals surface area contributed by atoms with Gasteiger partial charge in [-0.05, 0) is 42.0 Å². The zero-order chi connectivity index (χ0) is 19.3. The molecular formula is C19H25N3O3S. The second-order valence-electron chi connectivity index (χ2n) is 6.10. The molecule has 0 bridgehead atoms. The predicted octanol–water partition coefficient (Wildman–Crippen LogP) is 2.32. The average molecular weight is 375 g/mol. The Hall–Kier alpha value is -2.38. The molecule has 0 atom stereocenters. The number of rotatable bonds is 7. The van der Waals surface area contributed by atoms with Crippen LogP contribution < -0.4 is 10.2 Å². The molecule has 0 saturated heterocycles. The fourth-order valence-corrected chi connectivity index (χ4v) is 3.98. The summed E-state index contributed by atoms with van der Waals surface area (Å²) in [6.45, 7) is 2.46. The highest BCUT2D eigenvalue weighted by atomic mass is 32.2. The van der Waals surface area contributed by atoms with Crippen molar-refractivity contribution in [1.82, 2.24) is 9.62 Å². The largest absolute Gasteiger partial charge is 0.378 e. The summed E-state index contributed by atoms with van der Waals surface area (Å²) in [5.41, 5.74) is 2.40. The first-order chi connectivity index (χ1) is 12.3. The minimum Gasteiger partial charge on any atom is -0.378 e. The van der Waals surface area contributed by atoms with E-state index in [1.165, 1.54) is 35.6 Å². The fraction of sp³-hybridized carbons (Fsp3) is 0.316. The van der Waals surface area contributed by atoms with E-state index in [1.54, 1.807) is 0 Å². The molecule has 1 N–H and O–H groups in total. The quantitative estimate of drug-likeness (QED) is 0.806. The van der Waals surface area contributed by atoms with Crippen LogP contribution >= 0.6 is 0 Å². The van der Waals surface area contributed by atoms with Crippen LogP contribution in [0.4, 0.5) is 5.69 Å². The van der Waals surface area contributed by atoms with Crippen molar-refractivity contribution in [3.05, 3.63) is 59.7 Å². The van der Waals surface area contributed by atoms with Gasteiger partial charge in [0.25, 0.3) is 5.91 Å². The number of hydrogen-bond acceptors (Lipinski definition) is 4. The Kier molecular flexibility index (Phi) is 6.39. The normalized spacial score (nSPS) is 11.4. The van der Waals surface area contributed by atoms with Gasteiger partial charge in [0.15, 0.2) is 0 Å². The molecule has 0 aliphatic heterocycles. The first-order valence-electron chi connectivity index (χ1n) is 8.38. The molecule has 0 aromatic heterocycles. The van der Waals surface area contributed by atoms with Gasteiger partial charge in [0.05, 0.1) is 4.90 Å². The molecule has 0 unspecified atom stereocenters. The van der Waals surface area contributed by atoms with Gasteiger partial charge in [-0.25, -0.2) is 8.42 Å². The molecule has 140 valence electrons. The predicted molar refractivity (Wildman–Crippen MR) is 104 cm³/mol. The molecule has 0 aliphatic rings. The maximum absolute atomic E-state index is 12.9. The second kappa shape index (κ2) is 8.33. The highest BCUT2D eigenvalue weighted by Gasteiger charge is 2.23. The van der Waals surface area contributed by atoms with Crippen LogP contribution in [0.3, 0.4) is 0 Å². The number of carbonyl (C=O) groups excluding carboxylic acids is 1. The number of benzene rings is 2. The van der Waals surface area contributed by atoms with Crippen molar-refractivity contribution >= 4 is 21.6 Å². The van der Waals surface area contributed by atoms with E-state index in [-0.39, 0.29) is 10.8 Å². The molecule has 2 aromatic rings. The van der Waals surface area contributed by atoms with Gasteiger partial charge in [-0.2, -0.15) is 4.31 Å². The zero-order valence-electron chi connectivity index (χ0n) is 15.6. The van der Waals surface area contributed by atoms with Gasteiger partial charge in [-0.3, -0.25) is 4.79 Å². The monoisotopic (exact) mass is 375 g/mol. The lowest BCUT2D eigenvalue weighted by Crippen LogP contribution is -2.30. The number of sulfonamides is 1. The van der Waals surface area contributed by atoms with Crippen molar-refractivity contribution < 1.29 is 13.2 Å². The first-order valence-corrected chi connectivity index (χ1v) is 9.82. The van der Waals surface area contributed by atoms with Crippen LogP contribution in [-0.2, 0) is 16.6 Å². The van der Waals surface area contributed by atoms with Gasteiger partial charge in [0.1, 0.15) is 0 Å². The molecule has 0 fully saturated rings. The summed E-state index contributed by atoms with van der Waals surface area (Å²) < 4.78 is 27.2. The lowest BCUT2D eigenvalue weighted by molar-refractivity contribution is 0.0963. The molecule has 0 aliphatic carbocycles. The van der Waals surface area contributed by atoms with Crippen LogP contribution in [0.25, 0.3) is 0 Å². The van der Waals surface area contributed by atoms with E-state index in [1.807, 2.05) is 50.2 Å². The first kappa shape index (κ1) is 19.9. The number of amides is 1. The highest BCUT2D eigenvalue weighted by Crippen LogP contribution is 2.20. The van der Waals surface area contributed by atoms with E-state index >= 15 is 0 Å². The summed E-state index contributed by atoms with van der Waals surface area (Å²) in [4.78, 5) is 13.8. The molecule has 0 spiro atoms. The molecular weight excluding hydrogens is 350 g/mol. The molecule has 2 rings (SSSR count). The molecule has 1 amide bonds. The topological polar surface area (TPSA) is 69.7 Å². The standard InChI is InChI=1S/C19H25N3O3S/c1-5-22(14-15-6-10-17(11-7-15)21(3)4)26(24,25)18-12-8-16(9-13-18)19(23)20-2/h6-13H,5,14H2,1-4H3,(H,20,23). The van der Waals surface area contributed by atoms with Gasteiger partial charge < -0.3 is 10.2 Å². The minimum absolute atomic E-state index is 0.178. The van der Waals surface area contributed by atoms with Crippen LogP contribution in [0.5, 0.6) is 0 Å². The Morgan fingerprint density at radius 3 is 2.04 bits per heavy atom. The van der Waals surface area contributed by atoms with Gasteiger partial charge in [-0.15, -0.1) is 0 Å². The number of anilines is 1. The lowest BCUT2D eigenvalue weighted by Gasteiger charge is -2.21. The average Bonchev–Trinajstić information content (AvgIpc) is 2.65. The molecule has 26 heavy (non-hydrogen) atoms. The van der Waals surface area contributed by atoms with Crippen LogP contribution in [-0.4, -0.2) is 46.3 Å². The van der Waals surface area contributed by atoms with E-state index in [4.69, 9.17) is 0 Å². The smallest absolute Gasteiger partial charge is 0.251 e. The van der Waals surface area contributed by atoms with E-state index in [0.717, 1.165) is 11.3 Å². The maximum atomic E-state index is 12.9. The van der Waals surface area contributed by atoms with Crippen molar-refractivity contribution in [2.24, 2.45) is 0 Å². The van der Waals surface area contributed by atoms with Crippen LogP contribution in [0.15, 0.2) is 53.4 Å². The van der Waals surface area contributed by atoms with Crippen molar-refractivity contribution in [2.75, 3.05) is 32.6 Å². The van der Waals surface area contributed by atoms with Gasteiger partial charge >= 0.3 is 0 Å². The third kappa shape index (κ3) is 4.42. The number of nitrogens with zero attached hydrogens (tertiary/aromatic N) is 2. The Morgan fingerprint density at radius 1 is 1.00 bits per heavy atom. The fourth-order valence-electron chi connectivity index (χ4n) is 2.54. The Balaban J connectivity index is 2.23. The Morgan fingerprint density at radius 2 is 1.58 bits per heavy atom. The summed E-state index contributed by atoms with van der Waals surface area (Å²) in [6, 6.07) is 13.8. The van der Waals surface area contributed by atoms with Crippen LogP contribution in [0.1, 0.15) is 22.8 Å².